The van der Waals surface area contributed by atoms with Crippen LogP contribution in [0.25, 0.3) is 4.47 Å². The molecule has 0 bridgehead atoms. The van der Waals surface area contributed by atoms with Crippen LogP contribution in [0.2, 0.25) is 0 Å². The van der Waals surface area contributed by atoms with Crippen molar-refractivity contribution < 1.29 is 4.79 Å². The van der Waals surface area contributed by atoms with E-state index in [-0.39, 0.29) is 20.4 Å². The second-order valence-corrected chi connectivity index (χ2v) is 6.94. The zero-order valence-corrected chi connectivity index (χ0v) is 10.9. The van der Waals surface area contributed by atoms with Gasteiger partial charge in [0.2, 0.25) is 0 Å². The molecule has 0 fully saturated rings. The molecule has 0 N–H and O–H groups in total. The van der Waals surface area contributed by atoms with Gasteiger partial charge in [0.05, 0.1) is 0 Å². The van der Waals surface area contributed by atoms with Crippen molar-refractivity contribution in [1.29, 1.82) is 0 Å². The maximum atomic E-state index is 11.7. The van der Waals surface area contributed by atoms with E-state index in [0.29, 0.717) is 4.68 Å². The molecule has 2 heteroatoms. The first kappa shape index (κ1) is 10.7. The minimum atomic E-state index is -0.0169. The number of carbonyl (C=O) groups is 1. The summed E-state index contributed by atoms with van der Waals surface area (Å²) in [4.78, 5) is 11.7. The number of rotatable bonds is 0. The third-order valence-corrected chi connectivity index (χ3v) is 4.20. The molecule has 0 amide bonds. The zero-order valence-electron chi connectivity index (χ0n) is 9.20. The van der Waals surface area contributed by atoms with Crippen LogP contribution < -0.4 is 0 Å². The first-order valence-corrected chi connectivity index (χ1v) is 6.73. The monoisotopic (exact) mass is 266 g/mol. The van der Waals surface area contributed by atoms with E-state index in [1.165, 1.54) is 4.47 Å². The van der Waals surface area contributed by atoms with Gasteiger partial charge in [0, 0.05) is 0 Å². The summed E-state index contributed by atoms with van der Waals surface area (Å²) in [5.74, 6) is 0. The van der Waals surface area contributed by atoms with E-state index >= 15 is 0 Å². The number of carbonyl (C=O) groups excluding carboxylic acids is 1. The summed E-state index contributed by atoms with van der Waals surface area (Å²) >= 11 is -0.0169. The van der Waals surface area contributed by atoms with Crippen molar-refractivity contribution in [3.63, 3.8) is 0 Å². The van der Waals surface area contributed by atoms with Crippen LogP contribution in [-0.2, 0) is 0 Å². The van der Waals surface area contributed by atoms with Crippen molar-refractivity contribution in [1.82, 2.24) is 0 Å². The van der Waals surface area contributed by atoms with E-state index in [2.05, 4.69) is 32.9 Å². The molecule has 0 spiro atoms. The van der Waals surface area contributed by atoms with E-state index in [4.69, 9.17) is 0 Å². The van der Waals surface area contributed by atoms with Crippen LogP contribution in [0.5, 0.6) is 0 Å². The van der Waals surface area contributed by atoms with Crippen molar-refractivity contribution in [3.8, 4) is 0 Å². The molecule has 0 radical (unpaired) electrons. The zero-order chi connectivity index (χ0) is 11.1. The van der Waals surface area contributed by atoms with E-state index in [9.17, 15) is 4.79 Å². The van der Waals surface area contributed by atoms with Gasteiger partial charge < -0.3 is 0 Å². The Morgan fingerprint density at radius 3 is 2.33 bits per heavy atom. The predicted octanol–water partition coefficient (Wildman–Crippen LogP) is 2.93. The Hall–Kier alpha value is -0.851. The molecule has 1 nitrogen and oxygen atoms in total. The van der Waals surface area contributed by atoms with Gasteiger partial charge in [-0.25, -0.2) is 0 Å². The van der Waals surface area contributed by atoms with E-state index < -0.39 is 0 Å². The first-order chi connectivity index (χ1) is 6.97. The van der Waals surface area contributed by atoms with Gasteiger partial charge in [-0.2, -0.15) is 0 Å². The molecule has 1 aliphatic rings. The number of fused-ring (bicyclic) bond motifs is 1. The molecule has 0 atom stereocenters. The molecule has 1 aromatic carbocycles. The summed E-state index contributed by atoms with van der Waals surface area (Å²) in [6.07, 6.45) is 2.23. The Morgan fingerprint density at radius 1 is 1.13 bits per heavy atom. The normalized spacial score (nSPS) is 18.3. The van der Waals surface area contributed by atoms with E-state index in [1.807, 2.05) is 18.2 Å². The van der Waals surface area contributed by atoms with Gasteiger partial charge in [0.15, 0.2) is 0 Å². The van der Waals surface area contributed by atoms with Gasteiger partial charge in [0.25, 0.3) is 0 Å². The Morgan fingerprint density at radius 2 is 1.73 bits per heavy atom. The molecule has 0 aliphatic carbocycles. The SMILES string of the molecule is CC(C)(C)/C=C1/[Se]C(=O)c2ccccc21. The second kappa shape index (κ2) is 3.62. The van der Waals surface area contributed by atoms with Crippen LogP contribution in [-0.4, -0.2) is 19.6 Å². The quantitative estimate of drug-likeness (QED) is 0.659. The molecule has 0 saturated carbocycles. The summed E-state index contributed by atoms with van der Waals surface area (Å²) in [6.45, 7) is 6.50. The average molecular weight is 265 g/mol. The van der Waals surface area contributed by atoms with Crippen LogP contribution in [0.4, 0.5) is 0 Å². The third-order valence-electron chi connectivity index (χ3n) is 2.18. The molecule has 0 unspecified atom stereocenters. The molecule has 78 valence electrons. The predicted molar refractivity (Wildman–Crippen MR) is 64.0 cm³/mol. The molecule has 1 aliphatic heterocycles. The minimum absolute atomic E-state index is 0.0169. The molecule has 1 heterocycles. The molecule has 2 rings (SSSR count). The summed E-state index contributed by atoms with van der Waals surface area (Å²) < 4.78 is 1.56. The Labute approximate surface area is 96.7 Å². The summed E-state index contributed by atoms with van der Waals surface area (Å²) in [7, 11) is 0. The second-order valence-electron chi connectivity index (χ2n) is 4.81. The van der Waals surface area contributed by atoms with Gasteiger partial charge in [-0.05, 0) is 0 Å². The number of hydrogen-bond donors (Lipinski definition) is 0. The van der Waals surface area contributed by atoms with Crippen molar-refractivity contribution in [2.24, 2.45) is 5.41 Å². The number of hydrogen-bond acceptors (Lipinski definition) is 1. The molecule has 0 aromatic heterocycles. The Kier molecular flexibility index (Phi) is 2.57. The molecule has 0 saturated heterocycles. The molecule has 15 heavy (non-hydrogen) atoms. The first-order valence-electron chi connectivity index (χ1n) is 5.02. The molecular weight excluding hydrogens is 251 g/mol. The third kappa shape index (κ3) is 2.22. The van der Waals surface area contributed by atoms with Gasteiger partial charge in [-0.1, -0.05) is 0 Å². The molecule has 1 aromatic rings. The maximum absolute atomic E-state index is 11.7. The van der Waals surface area contributed by atoms with Crippen molar-refractivity contribution in [2.45, 2.75) is 20.8 Å². The molecular formula is C13H14OSe. The van der Waals surface area contributed by atoms with Gasteiger partial charge in [0.1, 0.15) is 0 Å². The fourth-order valence-corrected chi connectivity index (χ4v) is 4.08. The van der Waals surface area contributed by atoms with Crippen molar-refractivity contribution in [2.75, 3.05) is 0 Å². The van der Waals surface area contributed by atoms with Crippen LogP contribution >= 0.6 is 0 Å². The fraction of sp³-hybridized carbons (Fsp3) is 0.308. The van der Waals surface area contributed by atoms with Gasteiger partial charge in [-0.3, -0.25) is 0 Å². The van der Waals surface area contributed by atoms with Gasteiger partial charge in [-0.15, -0.1) is 0 Å². The summed E-state index contributed by atoms with van der Waals surface area (Å²) in [5.41, 5.74) is 2.21. The van der Waals surface area contributed by atoms with Crippen LogP contribution in [0, 0.1) is 5.41 Å². The number of allylic oxidation sites excluding steroid dienone is 1. The standard InChI is InChI=1S/C13H14OSe/c1-13(2,3)8-11-9-6-4-5-7-10(9)12(14)15-11/h4-8H,1-3H3/b11-8+. The fourth-order valence-electron chi connectivity index (χ4n) is 1.59. The van der Waals surface area contributed by atoms with E-state index in [0.717, 1.165) is 11.1 Å². The van der Waals surface area contributed by atoms with E-state index in [1.54, 1.807) is 0 Å². The average Bonchev–Trinajstić information content (AvgIpc) is 2.42. The van der Waals surface area contributed by atoms with Crippen molar-refractivity contribution >= 4 is 24.1 Å². The summed E-state index contributed by atoms with van der Waals surface area (Å²) in [6, 6.07) is 7.93. The Bertz CT molecular complexity index is 438. The van der Waals surface area contributed by atoms with Gasteiger partial charge >= 0.3 is 96.6 Å². The van der Waals surface area contributed by atoms with Crippen molar-refractivity contribution in [3.05, 3.63) is 41.5 Å². The Balaban J connectivity index is 2.50. The number of benzene rings is 1. The summed E-state index contributed by atoms with van der Waals surface area (Å²) in [5, 5.41) is 0. The van der Waals surface area contributed by atoms with Crippen LogP contribution in [0.3, 0.4) is 0 Å². The van der Waals surface area contributed by atoms with Crippen LogP contribution in [0.1, 0.15) is 36.7 Å². The topological polar surface area (TPSA) is 17.1 Å². The van der Waals surface area contributed by atoms with Crippen LogP contribution in [0.15, 0.2) is 30.3 Å².